The summed E-state index contributed by atoms with van der Waals surface area (Å²) in [5, 5.41) is 3.54. The van der Waals surface area contributed by atoms with Gasteiger partial charge in [-0.3, -0.25) is 0 Å². The molecule has 2 aliphatic carbocycles. The molecule has 112 valence electrons. The van der Waals surface area contributed by atoms with Crippen molar-refractivity contribution in [2.24, 2.45) is 17.3 Å². The van der Waals surface area contributed by atoms with Gasteiger partial charge in [-0.1, -0.05) is 13.8 Å². The van der Waals surface area contributed by atoms with Gasteiger partial charge in [-0.05, 0) is 57.0 Å². The molecule has 1 N–H and O–H groups in total. The highest BCUT2D eigenvalue weighted by Crippen LogP contribution is 2.41. The number of hydrogen-bond acceptors (Lipinski definition) is 3. The second-order valence-corrected chi connectivity index (χ2v) is 7.33. The summed E-state index contributed by atoms with van der Waals surface area (Å²) in [4.78, 5) is 2.45. The van der Waals surface area contributed by atoms with E-state index in [1.54, 1.807) is 0 Å². The van der Waals surface area contributed by atoms with E-state index in [2.05, 4.69) is 38.2 Å². The van der Waals surface area contributed by atoms with Crippen LogP contribution in [0.4, 0.5) is 0 Å². The van der Waals surface area contributed by atoms with Crippen LogP contribution in [0.25, 0.3) is 0 Å². The van der Waals surface area contributed by atoms with Crippen molar-refractivity contribution < 1.29 is 4.74 Å². The molecule has 2 unspecified atom stereocenters. The lowest BCUT2D eigenvalue weighted by atomic mass is 9.85. The molecule has 3 nitrogen and oxygen atoms in total. The molecule has 0 radical (unpaired) electrons. The molecule has 2 rings (SSSR count). The van der Waals surface area contributed by atoms with E-state index in [9.17, 15) is 0 Å². The highest BCUT2D eigenvalue weighted by Gasteiger charge is 2.40. The second-order valence-electron chi connectivity index (χ2n) is 7.33. The molecule has 3 heteroatoms. The van der Waals surface area contributed by atoms with E-state index in [0.717, 1.165) is 31.6 Å². The van der Waals surface area contributed by atoms with E-state index in [0.29, 0.717) is 11.5 Å². The minimum Gasteiger partial charge on any atom is -0.380 e. The second kappa shape index (κ2) is 6.55. The van der Waals surface area contributed by atoms with Gasteiger partial charge >= 0.3 is 0 Å². The Kier molecular flexibility index (Phi) is 5.27. The molecular weight excluding hydrogens is 236 g/mol. The Labute approximate surface area is 119 Å². The summed E-state index contributed by atoms with van der Waals surface area (Å²) in [6, 6.07) is 0.655. The fourth-order valence-corrected chi connectivity index (χ4v) is 3.59. The molecule has 19 heavy (non-hydrogen) atoms. The van der Waals surface area contributed by atoms with Crippen molar-refractivity contribution in [3.8, 4) is 0 Å². The highest BCUT2D eigenvalue weighted by molar-refractivity contribution is 4.96. The fourth-order valence-electron chi connectivity index (χ4n) is 3.59. The average Bonchev–Trinajstić information content (AvgIpc) is 3.11. The van der Waals surface area contributed by atoms with Crippen LogP contribution in [0, 0.1) is 17.3 Å². The van der Waals surface area contributed by atoms with Crippen molar-refractivity contribution in [3.05, 3.63) is 0 Å². The minimum absolute atomic E-state index is 0.447. The molecule has 0 bridgehead atoms. The van der Waals surface area contributed by atoms with Crippen molar-refractivity contribution in [2.75, 3.05) is 40.4 Å². The Hall–Kier alpha value is -0.120. The largest absolute Gasteiger partial charge is 0.380 e. The Morgan fingerprint density at radius 2 is 2.00 bits per heavy atom. The summed E-state index contributed by atoms with van der Waals surface area (Å²) in [7, 11) is 4.35. The van der Waals surface area contributed by atoms with Gasteiger partial charge in [-0.2, -0.15) is 0 Å². The molecule has 0 aromatic carbocycles. The molecule has 0 aromatic heterocycles. The first-order chi connectivity index (χ1) is 9.03. The van der Waals surface area contributed by atoms with E-state index in [1.165, 1.54) is 32.2 Å². The highest BCUT2D eigenvalue weighted by atomic mass is 16.5. The predicted molar refractivity (Wildman–Crippen MR) is 80.4 cm³/mol. The van der Waals surface area contributed by atoms with Crippen molar-refractivity contribution in [1.82, 2.24) is 10.2 Å². The van der Waals surface area contributed by atoms with Gasteiger partial charge in [0, 0.05) is 25.7 Å². The Balaban J connectivity index is 1.64. The summed E-state index contributed by atoms with van der Waals surface area (Å²) >= 11 is 0. The van der Waals surface area contributed by atoms with Gasteiger partial charge in [0.15, 0.2) is 0 Å². The molecule has 0 aliphatic heterocycles. The summed E-state index contributed by atoms with van der Waals surface area (Å²) in [6.07, 6.45) is 5.47. The van der Waals surface area contributed by atoms with E-state index < -0.39 is 0 Å². The molecular formula is C16H32N2O. The van der Waals surface area contributed by atoms with E-state index in [1.807, 2.05) is 0 Å². The number of hydrogen-bond donors (Lipinski definition) is 1. The molecule has 2 aliphatic rings. The first-order valence-corrected chi connectivity index (χ1v) is 7.96. The molecule has 2 saturated carbocycles. The average molecular weight is 268 g/mol. The Morgan fingerprint density at radius 1 is 1.26 bits per heavy atom. The smallest absolute Gasteiger partial charge is 0.0593 e. The SMILES string of the molecule is CNC1C(CN(C)CCOCC2CC2)CCC1(C)C. The fraction of sp³-hybridized carbons (Fsp3) is 1.00. The van der Waals surface area contributed by atoms with Crippen LogP contribution in [-0.4, -0.2) is 51.3 Å². The van der Waals surface area contributed by atoms with Gasteiger partial charge in [0.05, 0.1) is 6.61 Å². The summed E-state index contributed by atoms with van der Waals surface area (Å²) in [5.41, 5.74) is 0.447. The van der Waals surface area contributed by atoms with Crippen molar-refractivity contribution in [3.63, 3.8) is 0 Å². The molecule has 0 saturated heterocycles. The van der Waals surface area contributed by atoms with Crippen LogP contribution in [0.1, 0.15) is 39.5 Å². The molecule has 2 atom stereocenters. The van der Waals surface area contributed by atoms with Crippen molar-refractivity contribution >= 4 is 0 Å². The molecule has 0 aromatic rings. The van der Waals surface area contributed by atoms with Gasteiger partial charge in [-0.25, -0.2) is 0 Å². The van der Waals surface area contributed by atoms with Crippen LogP contribution in [0.5, 0.6) is 0 Å². The Morgan fingerprint density at radius 3 is 2.63 bits per heavy atom. The monoisotopic (exact) mass is 268 g/mol. The van der Waals surface area contributed by atoms with Crippen LogP contribution in [0.2, 0.25) is 0 Å². The van der Waals surface area contributed by atoms with Crippen LogP contribution in [0.15, 0.2) is 0 Å². The van der Waals surface area contributed by atoms with Crippen LogP contribution < -0.4 is 5.32 Å². The first-order valence-electron chi connectivity index (χ1n) is 7.96. The molecule has 0 spiro atoms. The number of nitrogens with zero attached hydrogens (tertiary/aromatic N) is 1. The molecule has 0 amide bonds. The Bertz CT molecular complexity index is 276. The zero-order valence-corrected chi connectivity index (χ0v) is 13.2. The molecule has 0 heterocycles. The van der Waals surface area contributed by atoms with Crippen LogP contribution >= 0.6 is 0 Å². The minimum atomic E-state index is 0.447. The third-order valence-corrected chi connectivity index (χ3v) is 5.00. The summed E-state index contributed by atoms with van der Waals surface area (Å²) in [5.74, 6) is 1.67. The topological polar surface area (TPSA) is 24.5 Å². The third-order valence-electron chi connectivity index (χ3n) is 5.00. The molecule has 2 fully saturated rings. The number of rotatable bonds is 8. The normalized spacial score (nSPS) is 30.2. The van der Waals surface area contributed by atoms with Gasteiger partial charge in [0.1, 0.15) is 0 Å². The van der Waals surface area contributed by atoms with E-state index in [-0.39, 0.29) is 0 Å². The number of ether oxygens (including phenoxy) is 1. The van der Waals surface area contributed by atoms with Gasteiger partial charge in [0.25, 0.3) is 0 Å². The number of nitrogens with one attached hydrogen (secondary N) is 1. The summed E-state index contributed by atoms with van der Waals surface area (Å²) < 4.78 is 5.73. The zero-order chi connectivity index (χ0) is 13.9. The quantitative estimate of drug-likeness (QED) is 0.684. The first kappa shape index (κ1) is 15.3. The van der Waals surface area contributed by atoms with Gasteiger partial charge in [0.2, 0.25) is 0 Å². The van der Waals surface area contributed by atoms with Gasteiger partial charge in [-0.15, -0.1) is 0 Å². The zero-order valence-electron chi connectivity index (χ0n) is 13.2. The van der Waals surface area contributed by atoms with Crippen molar-refractivity contribution in [1.29, 1.82) is 0 Å². The van der Waals surface area contributed by atoms with Crippen LogP contribution in [0.3, 0.4) is 0 Å². The maximum atomic E-state index is 5.73. The lowest BCUT2D eigenvalue weighted by Gasteiger charge is -2.32. The number of likely N-dealkylation sites (N-methyl/N-ethyl adjacent to an activating group) is 1. The van der Waals surface area contributed by atoms with E-state index in [4.69, 9.17) is 4.74 Å². The van der Waals surface area contributed by atoms with Crippen molar-refractivity contribution in [2.45, 2.75) is 45.6 Å². The van der Waals surface area contributed by atoms with Crippen LogP contribution in [-0.2, 0) is 4.74 Å². The lowest BCUT2D eigenvalue weighted by molar-refractivity contribution is 0.0964. The predicted octanol–water partition coefficient (Wildman–Crippen LogP) is 2.37. The maximum Gasteiger partial charge on any atom is 0.0593 e. The standard InChI is InChI=1S/C16H32N2O/c1-16(2)8-7-14(15(16)17-3)11-18(4)9-10-19-12-13-5-6-13/h13-15,17H,5-12H2,1-4H3. The third kappa shape index (κ3) is 4.44. The maximum absolute atomic E-state index is 5.73. The van der Waals surface area contributed by atoms with E-state index >= 15 is 0 Å². The van der Waals surface area contributed by atoms with Gasteiger partial charge < -0.3 is 15.0 Å². The summed E-state index contributed by atoms with van der Waals surface area (Å²) in [6.45, 7) is 8.94. The lowest BCUT2D eigenvalue weighted by Crippen LogP contribution is -2.43.